The smallest absolute Gasteiger partial charge is 0.323 e. The van der Waals surface area contributed by atoms with Crippen LogP contribution in [0.2, 0.25) is 0 Å². The molecule has 1 saturated carbocycles. The average Bonchev–Trinajstić information content (AvgIpc) is 3.06. The van der Waals surface area contributed by atoms with Crippen molar-refractivity contribution in [3.05, 3.63) is 23.3 Å². The number of nitrogens with zero attached hydrogens (tertiary/aromatic N) is 1. The molecule has 1 aromatic carbocycles. The zero-order chi connectivity index (χ0) is 21.4. The number of methoxy groups -OCH3 is 1. The van der Waals surface area contributed by atoms with Crippen molar-refractivity contribution in [2.45, 2.75) is 74.0 Å². The lowest BCUT2D eigenvalue weighted by atomic mass is 9.48. The highest BCUT2D eigenvalue weighted by Gasteiger charge is 2.73. The van der Waals surface area contributed by atoms with Gasteiger partial charge in [-0.1, -0.05) is 6.07 Å². The van der Waals surface area contributed by atoms with E-state index in [1.54, 1.807) is 13.2 Å². The van der Waals surface area contributed by atoms with E-state index in [-0.39, 0.29) is 23.9 Å². The van der Waals surface area contributed by atoms with Crippen molar-refractivity contribution in [3.63, 3.8) is 0 Å². The predicted octanol–water partition coefficient (Wildman–Crippen LogP) is 0.622. The fraction of sp³-hybridized carbons (Fsp3) is 0.682. The monoisotopic (exact) mass is 418 g/mol. The number of likely N-dealkylation sites (N-methyl/N-ethyl adjacent to an activating group) is 1. The van der Waals surface area contributed by atoms with E-state index >= 15 is 0 Å². The predicted molar refractivity (Wildman–Crippen MR) is 108 cm³/mol. The number of aromatic hydroxyl groups is 1. The lowest BCUT2D eigenvalue weighted by molar-refractivity contribution is -0.204. The summed E-state index contributed by atoms with van der Waals surface area (Å²) in [6.45, 7) is 2.35. The second-order valence-electron chi connectivity index (χ2n) is 9.37. The molecule has 2 aliphatic heterocycles. The summed E-state index contributed by atoms with van der Waals surface area (Å²) < 4.78 is 12.8. The lowest BCUT2D eigenvalue weighted by Crippen LogP contribution is -2.78. The van der Waals surface area contributed by atoms with Gasteiger partial charge in [0, 0.05) is 24.8 Å². The highest BCUT2D eigenvalue weighted by atomic mass is 16.5. The van der Waals surface area contributed by atoms with Crippen LogP contribution in [0.15, 0.2) is 12.1 Å². The maximum Gasteiger partial charge on any atom is 0.323 e. The number of phenolic OH excluding ortho intramolecular Hbond substituents is 1. The third kappa shape index (κ3) is 2.28. The number of rotatable bonds is 5. The molecule has 0 amide bonds. The molecular formula is C22H30N2O6. The van der Waals surface area contributed by atoms with Gasteiger partial charge in [-0.2, -0.15) is 0 Å². The second-order valence-corrected chi connectivity index (χ2v) is 9.37. The fourth-order valence-electron chi connectivity index (χ4n) is 6.96. The first kappa shape index (κ1) is 20.1. The van der Waals surface area contributed by atoms with E-state index < -0.39 is 29.1 Å². The molecule has 164 valence electrons. The van der Waals surface area contributed by atoms with Crippen molar-refractivity contribution >= 4 is 5.97 Å². The summed E-state index contributed by atoms with van der Waals surface area (Å²) >= 11 is 0. The number of likely N-dealkylation sites (tertiary alicyclic amines) is 1. The van der Waals surface area contributed by atoms with E-state index in [4.69, 9.17) is 9.47 Å². The van der Waals surface area contributed by atoms with E-state index in [1.807, 2.05) is 6.07 Å². The van der Waals surface area contributed by atoms with Gasteiger partial charge in [0.15, 0.2) is 11.5 Å². The Kier molecular flexibility index (Phi) is 4.39. The molecule has 8 heteroatoms. The molecule has 30 heavy (non-hydrogen) atoms. The van der Waals surface area contributed by atoms with Crippen molar-refractivity contribution < 1.29 is 29.6 Å². The number of benzene rings is 1. The summed E-state index contributed by atoms with van der Waals surface area (Å²) in [6, 6.07) is 2.48. The summed E-state index contributed by atoms with van der Waals surface area (Å²) in [4.78, 5) is 14.1. The SMILES string of the molecule is CO[C@@]12CC[C@H](N[C@H](C(=O)O)[C@@H](C)O)[C@@H]3Oc4c(O)ccc5c4C31CCN(C)C2C5. The van der Waals surface area contributed by atoms with Gasteiger partial charge in [0.1, 0.15) is 12.1 Å². The minimum Gasteiger partial charge on any atom is -0.504 e. The molecule has 1 spiro atoms. The van der Waals surface area contributed by atoms with Gasteiger partial charge < -0.3 is 29.7 Å². The molecule has 5 rings (SSSR count). The van der Waals surface area contributed by atoms with Gasteiger partial charge in [-0.05, 0) is 57.8 Å². The standard InChI is InChI=1S/C22H30N2O6/c1-11(25)17(20(27)28)23-13-6-7-22(29-3)15-10-12-4-5-14(26)18-16(12)21(22,19(13)30-18)8-9-24(15)2/h4-5,11,13,15,17,19,23,25-26H,6-10H2,1-3H3,(H,27,28)/t11-,13+,15?,17+,19+,21?,22-/m1/s1. The molecule has 7 atom stereocenters. The highest BCUT2D eigenvalue weighted by molar-refractivity contribution is 5.74. The molecule has 8 nitrogen and oxygen atoms in total. The minimum atomic E-state index is -1.09. The zero-order valence-electron chi connectivity index (χ0n) is 17.6. The van der Waals surface area contributed by atoms with Gasteiger partial charge in [0.2, 0.25) is 0 Å². The van der Waals surface area contributed by atoms with Crippen LogP contribution in [0.25, 0.3) is 0 Å². The molecule has 4 aliphatic rings. The van der Waals surface area contributed by atoms with Crippen molar-refractivity contribution in [2.75, 3.05) is 20.7 Å². The number of aliphatic hydroxyl groups excluding tert-OH is 1. The Morgan fingerprint density at radius 2 is 2.17 bits per heavy atom. The van der Waals surface area contributed by atoms with Crippen LogP contribution in [0.3, 0.4) is 0 Å². The number of piperidine rings is 1. The van der Waals surface area contributed by atoms with E-state index in [9.17, 15) is 20.1 Å². The molecule has 0 aromatic heterocycles. The first-order chi connectivity index (χ1) is 14.3. The van der Waals surface area contributed by atoms with Crippen LogP contribution in [-0.4, -0.2) is 82.8 Å². The number of phenols is 1. The number of aliphatic carboxylic acids is 1. The van der Waals surface area contributed by atoms with E-state index in [2.05, 4.69) is 17.3 Å². The third-order valence-electron chi connectivity index (χ3n) is 8.20. The van der Waals surface area contributed by atoms with Gasteiger partial charge in [-0.3, -0.25) is 10.1 Å². The van der Waals surface area contributed by atoms with Gasteiger partial charge in [0.25, 0.3) is 0 Å². The summed E-state index contributed by atoms with van der Waals surface area (Å²) in [5.41, 5.74) is 1.26. The van der Waals surface area contributed by atoms with E-state index in [0.29, 0.717) is 12.2 Å². The quantitative estimate of drug-likeness (QED) is 0.551. The van der Waals surface area contributed by atoms with Crippen molar-refractivity contribution in [3.8, 4) is 11.5 Å². The Morgan fingerprint density at radius 3 is 2.83 bits per heavy atom. The molecule has 2 fully saturated rings. The van der Waals surface area contributed by atoms with Crippen LogP contribution in [0.1, 0.15) is 37.3 Å². The molecule has 4 N–H and O–H groups in total. The lowest BCUT2D eigenvalue weighted by Gasteiger charge is -2.65. The van der Waals surface area contributed by atoms with Crippen LogP contribution < -0.4 is 10.1 Å². The Morgan fingerprint density at radius 1 is 1.40 bits per heavy atom. The molecule has 2 unspecified atom stereocenters. The van der Waals surface area contributed by atoms with Crippen LogP contribution in [0.5, 0.6) is 11.5 Å². The first-order valence-electron chi connectivity index (χ1n) is 10.7. The number of nitrogens with one attached hydrogen (secondary N) is 1. The van der Waals surface area contributed by atoms with E-state index in [0.717, 1.165) is 31.4 Å². The Labute approximate surface area is 175 Å². The molecule has 1 saturated heterocycles. The number of carboxylic acids is 1. The van der Waals surface area contributed by atoms with E-state index in [1.165, 1.54) is 12.5 Å². The largest absolute Gasteiger partial charge is 0.504 e. The van der Waals surface area contributed by atoms with Gasteiger partial charge >= 0.3 is 5.97 Å². The number of carboxylic acid groups (broad SMARTS) is 1. The topological polar surface area (TPSA) is 111 Å². The number of hydrogen-bond acceptors (Lipinski definition) is 7. The van der Waals surface area contributed by atoms with Crippen LogP contribution in [-0.2, 0) is 21.4 Å². The van der Waals surface area contributed by atoms with Gasteiger partial charge in [-0.25, -0.2) is 0 Å². The van der Waals surface area contributed by atoms with Crippen LogP contribution >= 0.6 is 0 Å². The molecular weight excluding hydrogens is 388 g/mol. The number of hydrogen-bond donors (Lipinski definition) is 4. The van der Waals surface area contributed by atoms with Gasteiger partial charge in [-0.15, -0.1) is 0 Å². The number of ether oxygens (including phenoxy) is 2. The Balaban J connectivity index is 1.67. The van der Waals surface area contributed by atoms with Crippen molar-refractivity contribution in [1.29, 1.82) is 0 Å². The summed E-state index contributed by atoms with van der Waals surface area (Å²) in [6.07, 6.45) is 1.60. The molecule has 2 bridgehead atoms. The summed E-state index contributed by atoms with van der Waals surface area (Å²) in [5, 5.41) is 33.4. The second kappa shape index (κ2) is 6.56. The molecule has 2 aliphatic carbocycles. The maximum atomic E-state index is 11.7. The normalized spacial score (nSPS) is 38.5. The average molecular weight is 418 g/mol. The van der Waals surface area contributed by atoms with Crippen LogP contribution in [0, 0.1) is 0 Å². The number of carbonyl (C=O) groups is 1. The molecule has 2 heterocycles. The Hall–Kier alpha value is -1.87. The van der Waals surface area contributed by atoms with Crippen molar-refractivity contribution in [1.82, 2.24) is 10.2 Å². The maximum absolute atomic E-state index is 11.7. The third-order valence-corrected chi connectivity index (χ3v) is 8.20. The number of aliphatic hydroxyl groups is 1. The molecule has 1 aromatic rings. The van der Waals surface area contributed by atoms with Gasteiger partial charge in [0.05, 0.1) is 17.1 Å². The van der Waals surface area contributed by atoms with Crippen LogP contribution in [0.4, 0.5) is 0 Å². The summed E-state index contributed by atoms with van der Waals surface area (Å²) in [7, 11) is 3.90. The fourth-order valence-corrected chi connectivity index (χ4v) is 6.96. The Bertz CT molecular complexity index is 891. The van der Waals surface area contributed by atoms with Crippen molar-refractivity contribution in [2.24, 2.45) is 0 Å². The first-order valence-corrected chi connectivity index (χ1v) is 10.7. The highest BCUT2D eigenvalue weighted by Crippen LogP contribution is 2.66. The minimum absolute atomic E-state index is 0.115. The summed E-state index contributed by atoms with van der Waals surface area (Å²) in [5.74, 6) is -0.460. The molecule has 0 radical (unpaired) electrons. The zero-order valence-corrected chi connectivity index (χ0v) is 17.6.